The van der Waals surface area contributed by atoms with Gasteiger partial charge in [-0.25, -0.2) is 23.7 Å². The normalized spacial score (nSPS) is 12.4. The number of nitrogens with zero attached hydrogens (tertiary/aromatic N) is 4. The van der Waals surface area contributed by atoms with Gasteiger partial charge >= 0.3 is 0 Å². The maximum absolute atomic E-state index is 12.7. The van der Waals surface area contributed by atoms with Crippen molar-refractivity contribution in [3.63, 3.8) is 0 Å². The fourth-order valence-electron chi connectivity index (χ4n) is 3.41. The summed E-state index contributed by atoms with van der Waals surface area (Å²) < 4.78 is 33.8. The number of nitrogens with one attached hydrogen (secondary N) is 1. The molecule has 3 aromatic heterocycles. The Bertz CT molecular complexity index is 1150. The fraction of sp³-hybridized carbons (Fsp3) is 0.320. The first-order valence-electron chi connectivity index (χ1n) is 11.1. The number of rotatable bonds is 2. The lowest BCUT2D eigenvalue weighted by atomic mass is 10.0. The molecule has 3 N–H and O–H groups in total. The molecular weight excluding hydrogens is 441 g/mol. The number of pyridine rings is 1. The quantitative estimate of drug-likeness (QED) is 0.345. The van der Waals surface area contributed by atoms with E-state index in [-0.39, 0.29) is 0 Å². The highest BCUT2D eigenvalue weighted by Crippen LogP contribution is 2.19. The molecule has 1 aliphatic rings. The monoisotopic (exact) mass is 472 g/mol. The number of para-hydroxylation sites is 1. The highest BCUT2D eigenvalue weighted by Gasteiger charge is 2.04. The van der Waals surface area contributed by atoms with Crippen molar-refractivity contribution < 1.29 is 13.2 Å². The fourth-order valence-corrected chi connectivity index (χ4v) is 3.41. The molecule has 6 nitrogen and oxygen atoms in total. The van der Waals surface area contributed by atoms with Crippen LogP contribution in [0.1, 0.15) is 44.2 Å². The average Bonchev–Trinajstić information content (AvgIpc) is 3.30. The standard InChI is InChI=1S/C9H7FN2.C9H10N4.C6H12.CH2F2/c10-9-5-7(11)6-3-1-2-4-8(6)12-9;1-7(10-2)8-6-12-9-11-4-3-5-13(8)9;1-2-4-6-5-3-1;2-1-3/h1-5H,(H2,11,12);3-6,10H,1H2,2H3;1-6H2;1H2. The number of nitrogens with two attached hydrogens (primary N) is 1. The van der Waals surface area contributed by atoms with Crippen LogP contribution in [0, 0.1) is 5.95 Å². The molecule has 1 aliphatic carbocycles. The number of alkyl halides is 2. The van der Waals surface area contributed by atoms with Gasteiger partial charge in [0.25, 0.3) is 0 Å². The molecule has 0 atom stereocenters. The predicted molar refractivity (Wildman–Crippen MR) is 132 cm³/mol. The number of nitrogen functional groups attached to an aromatic ring is 1. The van der Waals surface area contributed by atoms with Gasteiger partial charge in [0.1, 0.15) is 0 Å². The molecule has 4 aromatic rings. The minimum Gasteiger partial charge on any atom is -0.398 e. The van der Waals surface area contributed by atoms with Crippen LogP contribution in [-0.2, 0) is 0 Å². The van der Waals surface area contributed by atoms with E-state index in [0.717, 1.165) is 16.8 Å². The van der Waals surface area contributed by atoms with Crippen LogP contribution >= 0.6 is 0 Å². The van der Waals surface area contributed by atoms with Crippen molar-refractivity contribution in [2.24, 2.45) is 0 Å². The van der Waals surface area contributed by atoms with E-state index in [4.69, 9.17) is 5.73 Å². The van der Waals surface area contributed by atoms with Crippen molar-refractivity contribution in [1.82, 2.24) is 24.7 Å². The van der Waals surface area contributed by atoms with Gasteiger partial charge in [-0.15, -0.1) is 0 Å². The third-order valence-electron chi connectivity index (χ3n) is 5.12. The second-order valence-electron chi connectivity index (χ2n) is 7.44. The Balaban J connectivity index is 0.000000179. The van der Waals surface area contributed by atoms with Gasteiger partial charge in [-0.3, -0.25) is 4.40 Å². The van der Waals surface area contributed by atoms with Crippen molar-refractivity contribution in [2.45, 2.75) is 38.5 Å². The summed E-state index contributed by atoms with van der Waals surface area (Å²) in [5, 5.41) is 3.77. The first kappa shape index (κ1) is 26.6. The van der Waals surface area contributed by atoms with E-state index in [0.29, 0.717) is 17.0 Å². The van der Waals surface area contributed by atoms with Gasteiger partial charge in [-0.05, 0) is 12.1 Å². The summed E-state index contributed by atoms with van der Waals surface area (Å²) in [4.78, 5) is 11.9. The lowest BCUT2D eigenvalue weighted by Crippen LogP contribution is -2.05. The molecule has 34 heavy (non-hydrogen) atoms. The lowest BCUT2D eigenvalue weighted by Gasteiger charge is -2.05. The van der Waals surface area contributed by atoms with E-state index in [1.165, 1.54) is 44.6 Å². The summed E-state index contributed by atoms with van der Waals surface area (Å²) in [7, 11) is 1.83. The summed E-state index contributed by atoms with van der Waals surface area (Å²) >= 11 is 0. The molecule has 0 bridgehead atoms. The average molecular weight is 473 g/mol. The maximum Gasteiger partial charge on any atom is 0.234 e. The molecule has 182 valence electrons. The molecule has 3 heterocycles. The Morgan fingerprint density at radius 1 is 1.06 bits per heavy atom. The first-order chi connectivity index (χ1) is 16.5. The van der Waals surface area contributed by atoms with Crippen molar-refractivity contribution in [3.05, 3.63) is 73.2 Å². The zero-order valence-electron chi connectivity index (χ0n) is 19.4. The van der Waals surface area contributed by atoms with Gasteiger partial charge in [0.2, 0.25) is 18.7 Å². The molecule has 1 fully saturated rings. The third-order valence-corrected chi connectivity index (χ3v) is 5.12. The topological polar surface area (TPSA) is 81.1 Å². The predicted octanol–water partition coefficient (Wildman–Crippen LogP) is 6.10. The summed E-state index contributed by atoms with van der Waals surface area (Å²) in [5.74, 6) is 0.153. The second kappa shape index (κ2) is 14.5. The number of halogens is 3. The Labute approximate surface area is 197 Å². The molecule has 0 aliphatic heterocycles. The Morgan fingerprint density at radius 2 is 1.68 bits per heavy atom. The van der Waals surface area contributed by atoms with Crippen LogP contribution in [0.5, 0.6) is 0 Å². The van der Waals surface area contributed by atoms with Crippen molar-refractivity contribution >= 4 is 28.1 Å². The van der Waals surface area contributed by atoms with Gasteiger partial charge in [0, 0.05) is 36.6 Å². The summed E-state index contributed by atoms with van der Waals surface area (Å²) in [6, 6.07) is 10.3. The lowest BCUT2D eigenvalue weighted by molar-refractivity contribution is 0.295. The Kier molecular flexibility index (Phi) is 11.4. The minimum absolute atomic E-state index is 0.429. The van der Waals surface area contributed by atoms with Crippen LogP contribution in [0.3, 0.4) is 0 Å². The first-order valence-corrected chi connectivity index (χ1v) is 11.1. The van der Waals surface area contributed by atoms with E-state index < -0.39 is 12.9 Å². The number of anilines is 1. The van der Waals surface area contributed by atoms with E-state index in [1.807, 2.05) is 35.8 Å². The van der Waals surface area contributed by atoms with E-state index in [9.17, 15) is 13.2 Å². The molecule has 0 saturated heterocycles. The largest absolute Gasteiger partial charge is 0.398 e. The minimum atomic E-state index is -1.75. The highest BCUT2D eigenvalue weighted by molar-refractivity contribution is 5.89. The van der Waals surface area contributed by atoms with Crippen LogP contribution in [-0.4, -0.2) is 33.3 Å². The van der Waals surface area contributed by atoms with Crippen molar-refractivity contribution in [2.75, 3.05) is 19.7 Å². The molecule has 0 amide bonds. The number of imidazole rings is 1. The molecule has 1 aromatic carbocycles. The van der Waals surface area contributed by atoms with E-state index >= 15 is 0 Å². The molecule has 0 unspecified atom stereocenters. The van der Waals surface area contributed by atoms with Crippen LogP contribution in [0.25, 0.3) is 22.4 Å². The summed E-state index contributed by atoms with van der Waals surface area (Å²) in [5.41, 5.74) is 8.37. The summed E-state index contributed by atoms with van der Waals surface area (Å²) in [6.07, 6.45) is 14.4. The SMILES string of the molecule is C1CCCCC1.C=C(NC)c1cnc2ncccn12.FCF.Nc1cc(F)nc2ccccc12. The molecule has 1 saturated carbocycles. The molecule has 9 heteroatoms. The Hall–Kier alpha value is -3.62. The summed E-state index contributed by atoms with van der Waals surface area (Å²) in [6.45, 7) is 2.12. The number of fused-ring (bicyclic) bond motifs is 2. The van der Waals surface area contributed by atoms with Crippen LogP contribution < -0.4 is 11.1 Å². The van der Waals surface area contributed by atoms with Crippen LogP contribution in [0.15, 0.2) is 61.6 Å². The number of hydrogen-bond donors (Lipinski definition) is 2. The zero-order chi connectivity index (χ0) is 24.8. The van der Waals surface area contributed by atoms with E-state index in [1.54, 1.807) is 24.5 Å². The molecule has 0 radical (unpaired) electrons. The van der Waals surface area contributed by atoms with Gasteiger partial charge in [0.15, 0.2) is 0 Å². The van der Waals surface area contributed by atoms with Crippen LogP contribution in [0.4, 0.5) is 18.9 Å². The van der Waals surface area contributed by atoms with E-state index in [2.05, 4.69) is 26.8 Å². The number of benzene rings is 1. The van der Waals surface area contributed by atoms with Gasteiger partial charge in [-0.2, -0.15) is 4.39 Å². The zero-order valence-corrected chi connectivity index (χ0v) is 19.4. The maximum atomic E-state index is 12.7. The van der Waals surface area contributed by atoms with Crippen molar-refractivity contribution in [1.29, 1.82) is 0 Å². The van der Waals surface area contributed by atoms with Gasteiger partial charge < -0.3 is 11.1 Å². The van der Waals surface area contributed by atoms with Gasteiger partial charge in [0.05, 0.1) is 23.1 Å². The molecule has 5 rings (SSSR count). The number of hydrogen-bond acceptors (Lipinski definition) is 5. The van der Waals surface area contributed by atoms with Crippen LogP contribution in [0.2, 0.25) is 0 Å². The second-order valence-corrected chi connectivity index (χ2v) is 7.44. The third kappa shape index (κ3) is 8.06. The van der Waals surface area contributed by atoms with Gasteiger partial charge in [-0.1, -0.05) is 63.3 Å². The molecular formula is C25H31F3N6. The van der Waals surface area contributed by atoms with Crippen molar-refractivity contribution in [3.8, 4) is 0 Å². The smallest absolute Gasteiger partial charge is 0.234 e. The number of aromatic nitrogens is 4. The highest BCUT2D eigenvalue weighted by atomic mass is 19.3. The molecule has 0 spiro atoms. The Morgan fingerprint density at radius 3 is 2.29 bits per heavy atom.